The molecule has 38 heavy (non-hydrogen) atoms. The normalized spacial score (nSPS) is 17.9. The maximum absolute atomic E-state index is 13.2. The number of carbonyl (C=O) groups is 2. The monoisotopic (exact) mass is 542 g/mol. The Hall–Kier alpha value is -3.92. The average Bonchev–Trinajstić information content (AvgIpc) is 3.33. The molecule has 1 amide bonds. The van der Waals surface area contributed by atoms with Gasteiger partial charge in [-0.3, -0.25) is 9.59 Å². The van der Waals surface area contributed by atoms with Crippen molar-refractivity contribution in [3.05, 3.63) is 77.1 Å². The van der Waals surface area contributed by atoms with E-state index in [1.807, 2.05) is 0 Å². The molecule has 2 heterocycles. The van der Waals surface area contributed by atoms with Crippen LogP contribution in [-0.4, -0.2) is 37.6 Å². The van der Waals surface area contributed by atoms with Gasteiger partial charge in [0.15, 0.2) is 5.65 Å². The number of carboxylic acid groups (broad SMARTS) is 1. The zero-order valence-electron chi connectivity index (χ0n) is 19.9. The Morgan fingerprint density at radius 3 is 2.29 bits per heavy atom. The van der Waals surface area contributed by atoms with Gasteiger partial charge >= 0.3 is 12.1 Å². The number of aliphatic carboxylic acids is 1. The topological polar surface area (TPSA) is 96.6 Å². The van der Waals surface area contributed by atoms with Gasteiger partial charge in [-0.05, 0) is 43.9 Å². The summed E-state index contributed by atoms with van der Waals surface area (Å²) in [5.41, 5.74) is 1.64. The molecule has 0 spiro atoms. The molecular weight excluding hydrogens is 521 g/mol. The number of benzene rings is 2. The molecule has 5 rings (SSSR count). The molecule has 2 N–H and O–H groups in total. The lowest BCUT2D eigenvalue weighted by molar-refractivity contribution is -0.143. The second-order valence-corrected chi connectivity index (χ2v) is 9.64. The quantitative estimate of drug-likeness (QED) is 0.317. The SMILES string of the molecule is O=C(NC1CCC(C(=O)O)CC1)c1cnn2c(-c3ccc(C(F)(F)F)cc3)c(-c3ccccc3Cl)cnc12. The van der Waals surface area contributed by atoms with Crippen LogP contribution in [0.15, 0.2) is 60.9 Å². The third-order valence-corrected chi connectivity index (χ3v) is 7.16. The minimum atomic E-state index is -4.49. The van der Waals surface area contributed by atoms with E-state index in [-0.39, 0.29) is 17.3 Å². The van der Waals surface area contributed by atoms with Gasteiger partial charge in [-0.25, -0.2) is 9.50 Å². The highest BCUT2D eigenvalue weighted by molar-refractivity contribution is 6.33. The van der Waals surface area contributed by atoms with Crippen molar-refractivity contribution in [3.63, 3.8) is 0 Å². The van der Waals surface area contributed by atoms with E-state index >= 15 is 0 Å². The van der Waals surface area contributed by atoms with Gasteiger partial charge in [0.25, 0.3) is 5.91 Å². The van der Waals surface area contributed by atoms with Crippen LogP contribution in [0.2, 0.25) is 5.02 Å². The van der Waals surface area contributed by atoms with Crippen LogP contribution in [-0.2, 0) is 11.0 Å². The molecule has 0 radical (unpaired) electrons. The smallest absolute Gasteiger partial charge is 0.416 e. The van der Waals surface area contributed by atoms with Crippen molar-refractivity contribution in [2.45, 2.75) is 37.9 Å². The van der Waals surface area contributed by atoms with Gasteiger partial charge in [-0.1, -0.05) is 41.9 Å². The molecule has 1 saturated carbocycles. The third-order valence-electron chi connectivity index (χ3n) is 6.83. The molecule has 7 nitrogen and oxygen atoms in total. The van der Waals surface area contributed by atoms with E-state index in [0.29, 0.717) is 53.1 Å². The first-order valence-corrected chi connectivity index (χ1v) is 12.3. The molecule has 0 bridgehead atoms. The van der Waals surface area contributed by atoms with Gasteiger partial charge in [0.1, 0.15) is 5.56 Å². The summed E-state index contributed by atoms with van der Waals surface area (Å²) >= 11 is 6.44. The molecule has 11 heteroatoms. The van der Waals surface area contributed by atoms with Crippen molar-refractivity contribution >= 4 is 29.1 Å². The van der Waals surface area contributed by atoms with E-state index in [0.717, 1.165) is 12.1 Å². The first kappa shape index (κ1) is 25.7. The molecule has 4 aromatic rings. The highest BCUT2D eigenvalue weighted by Crippen LogP contribution is 2.37. The molecule has 0 aliphatic heterocycles. The van der Waals surface area contributed by atoms with Crippen molar-refractivity contribution in [1.29, 1.82) is 0 Å². The molecule has 2 aromatic carbocycles. The Morgan fingerprint density at radius 1 is 0.974 bits per heavy atom. The zero-order chi connectivity index (χ0) is 27.0. The number of hydrogen-bond acceptors (Lipinski definition) is 4. The van der Waals surface area contributed by atoms with Crippen molar-refractivity contribution in [2.24, 2.45) is 5.92 Å². The fourth-order valence-electron chi connectivity index (χ4n) is 4.81. The summed E-state index contributed by atoms with van der Waals surface area (Å²) in [6, 6.07) is 11.5. The first-order valence-electron chi connectivity index (χ1n) is 12.0. The Bertz CT molecular complexity index is 1510. The van der Waals surface area contributed by atoms with Gasteiger partial charge in [-0.15, -0.1) is 0 Å². The van der Waals surface area contributed by atoms with Crippen LogP contribution >= 0.6 is 11.6 Å². The van der Waals surface area contributed by atoms with Gasteiger partial charge in [-0.2, -0.15) is 18.3 Å². The predicted molar refractivity (Wildman–Crippen MR) is 135 cm³/mol. The summed E-state index contributed by atoms with van der Waals surface area (Å²) in [5.74, 6) is -1.64. The lowest BCUT2D eigenvalue weighted by Crippen LogP contribution is -2.38. The fraction of sp³-hybridized carbons (Fsp3) is 0.259. The molecule has 1 fully saturated rings. The van der Waals surface area contributed by atoms with Gasteiger partial charge < -0.3 is 10.4 Å². The molecular formula is C27H22ClF3N4O3. The molecule has 0 saturated heterocycles. The van der Waals surface area contributed by atoms with Crippen LogP contribution in [0.1, 0.15) is 41.6 Å². The van der Waals surface area contributed by atoms with E-state index in [2.05, 4.69) is 15.4 Å². The third kappa shape index (κ3) is 4.96. The van der Waals surface area contributed by atoms with Crippen molar-refractivity contribution in [3.8, 4) is 22.4 Å². The van der Waals surface area contributed by atoms with Crippen LogP contribution in [0.4, 0.5) is 13.2 Å². The summed E-state index contributed by atoms with van der Waals surface area (Å²) in [6.07, 6.45) is 0.452. The summed E-state index contributed by atoms with van der Waals surface area (Å²) in [7, 11) is 0. The average molecular weight is 543 g/mol. The second-order valence-electron chi connectivity index (χ2n) is 9.23. The second kappa shape index (κ2) is 10.1. The Balaban J connectivity index is 1.55. The number of nitrogens with one attached hydrogen (secondary N) is 1. The lowest BCUT2D eigenvalue weighted by Gasteiger charge is -2.26. The van der Waals surface area contributed by atoms with Crippen molar-refractivity contribution in [2.75, 3.05) is 0 Å². The minimum absolute atomic E-state index is 0.176. The van der Waals surface area contributed by atoms with Crippen LogP contribution in [0.25, 0.3) is 28.0 Å². The van der Waals surface area contributed by atoms with E-state index in [9.17, 15) is 27.9 Å². The summed E-state index contributed by atoms with van der Waals surface area (Å²) < 4.78 is 41.0. The maximum atomic E-state index is 13.2. The number of alkyl halides is 3. The fourth-order valence-corrected chi connectivity index (χ4v) is 5.05. The van der Waals surface area contributed by atoms with Gasteiger partial charge in [0, 0.05) is 34.0 Å². The van der Waals surface area contributed by atoms with Gasteiger partial charge in [0.05, 0.1) is 23.4 Å². The molecule has 0 unspecified atom stereocenters. The Labute approximate surface area is 220 Å². The van der Waals surface area contributed by atoms with Gasteiger partial charge in [0.2, 0.25) is 0 Å². The Morgan fingerprint density at radius 2 is 1.66 bits per heavy atom. The van der Waals surface area contributed by atoms with Crippen LogP contribution < -0.4 is 5.32 Å². The van der Waals surface area contributed by atoms with E-state index in [1.165, 1.54) is 29.0 Å². The van der Waals surface area contributed by atoms with Crippen molar-refractivity contribution < 1.29 is 27.9 Å². The van der Waals surface area contributed by atoms with Crippen molar-refractivity contribution in [1.82, 2.24) is 19.9 Å². The number of nitrogens with zero attached hydrogens (tertiary/aromatic N) is 3. The first-order chi connectivity index (χ1) is 18.1. The number of fused-ring (bicyclic) bond motifs is 1. The predicted octanol–water partition coefficient (Wildman–Crippen LogP) is 6.11. The highest BCUT2D eigenvalue weighted by Gasteiger charge is 2.31. The summed E-state index contributed by atoms with van der Waals surface area (Å²) in [6.45, 7) is 0. The molecule has 196 valence electrons. The molecule has 1 aliphatic carbocycles. The standard InChI is InChI=1S/C27H22ClF3N4O3/c28-22-4-2-1-3-19(22)20-13-32-24-21(25(36)34-18-11-7-16(8-12-18)26(37)38)14-33-35(24)23(20)15-5-9-17(10-6-15)27(29,30)31/h1-6,9-10,13-14,16,18H,7-8,11-12H2,(H,34,36)(H,37,38). The number of rotatable bonds is 5. The largest absolute Gasteiger partial charge is 0.481 e. The van der Waals surface area contributed by atoms with Crippen LogP contribution in [0.5, 0.6) is 0 Å². The number of aromatic nitrogens is 3. The number of hydrogen-bond donors (Lipinski definition) is 2. The summed E-state index contributed by atoms with van der Waals surface area (Å²) in [4.78, 5) is 28.8. The number of carboxylic acids is 1. The Kier molecular flexibility index (Phi) is 6.83. The number of carbonyl (C=O) groups excluding carboxylic acids is 1. The highest BCUT2D eigenvalue weighted by atomic mass is 35.5. The molecule has 0 atom stereocenters. The molecule has 2 aromatic heterocycles. The minimum Gasteiger partial charge on any atom is -0.481 e. The van der Waals surface area contributed by atoms with E-state index in [1.54, 1.807) is 24.3 Å². The zero-order valence-corrected chi connectivity index (χ0v) is 20.6. The summed E-state index contributed by atoms with van der Waals surface area (Å²) in [5, 5.41) is 16.9. The number of halogens is 4. The maximum Gasteiger partial charge on any atom is 0.416 e. The van der Waals surface area contributed by atoms with Crippen LogP contribution in [0, 0.1) is 5.92 Å². The lowest BCUT2D eigenvalue weighted by atomic mass is 9.86. The molecule has 1 aliphatic rings. The van der Waals surface area contributed by atoms with Crippen LogP contribution in [0.3, 0.4) is 0 Å². The number of amides is 1. The van der Waals surface area contributed by atoms with E-state index < -0.39 is 29.5 Å². The van der Waals surface area contributed by atoms with E-state index in [4.69, 9.17) is 11.6 Å².